The molecule has 1 rings (SSSR count). The van der Waals surface area contributed by atoms with Crippen LogP contribution in [-0.4, -0.2) is 23.9 Å². The third-order valence-corrected chi connectivity index (χ3v) is 3.86. The van der Waals surface area contributed by atoms with E-state index >= 15 is 0 Å². The molecular weight excluding hydrogens is 258 g/mol. The fourth-order valence-electron chi connectivity index (χ4n) is 2.47. The Kier molecular flexibility index (Phi) is 9.60. The van der Waals surface area contributed by atoms with Crippen LogP contribution in [0.4, 0.5) is 0 Å². The first-order valence-electron chi connectivity index (χ1n) is 8.59. The van der Waals surface area contributed by atoms with Crippen molar-refractivity contribution in [3.05, 3.63) is 35.9 Å². The predicted octanol–water partition coefficient (Wildman–Crippen LogP) is 4.83. The Morgan fingerprint density at radius 3 is 2.10 bits per heavy atom. The van der Waals surface area contributed by atoms with Gasteiger partial charge in [-0.1, -0.05) is 57.0 Å². The fourth-order valence-corrected chi connectivity index (χ4v) is 2.47. The Morgan fingerprint density at radius 1 is 0.905 bits per heavy atom. The number of hydrogen-bond acceptors (Lipinski definition) is 1. The van der Waals surface area contributed by atoms with Crippen molar-refractivity contribution in [3.63, 3.8) is 0 Å². The van der Waals surface area contributed by atoms with Gasteiger partial charge in [0.05, 0.1) is 0 Å². The number of aryl methyl sites for hydroxylation is 1. The molecule has 0 aliphatic carbocycles. The van der Waals surface area contributed by atoms with Crippen LogP contribution in [0.25, 0.3) is 0 Å². The van der Waals surface area contributed by atoms with Gasteiger partial charge in [0.25, 0.3) is 0 Å². The zero-order valence-corrected chi connectivity index (χ0v) is 13.8. The summed E-state index contributed by atoms with van der Waals surface area (Å²) in [5, 5.41) is 0. The molecule has 0 N–H and O–H groups in total. The summed E-state index contributed by atoms with van der Waals surface area (Å²) in [4.78, 5) is 14.4. The second-order valence-corrected chi connectivity index (χ2v) is 5.78. The molecule has 0 fully saturated rings. The van der Waals surface area contributed by atoms with Crippen LogP contribution in [-0.2, 0) is 11.2 Å². The lowest BCUT2D eigenvalue weighted by atomic mass is 10.1. The summed E-state index contributed by atoms with van der Waals surface area (Å²) in [6.07, 6.45) is 8.46. The van der Waals surface area contributed by atoms with E-state index in [9.17, 15) is 4.79 Å². The second kappa shape index (κ2) is 11.4. The van der Waals surface area contributed by atoms with Gasteiger partial charge in [0.15, 0.2) is 0 Å². The van der Waals surface area contributed by atoms with Crippen LogP contribution in [0.3, 0.4) is 0 Å². The monoisotopic (exact) mass is 289 g/mol. The first kappa shape index (κ1) is 17.7. The van der Waals surface area contributed by atoms with E-state index in [0.717, 1.165) is 58.0 Å². The third kappa shape index (κ3) is 7.89. The van der Waals surface area contributed by atoms with Crippen molar-refractivity contribution in [2.45, 2.75) is 65.2 Å². The summed E-state index contributed by atoms with van der Waals surface area (Å²) < 4.78 is 0. The highest BCUT2D eigenvalue weighted by Gasteiger charge is 2.11. The minimum absolute atomic E-state index is 0.352. The number of amides is 1. The largest absolute Gasteiger partial charge is 0.343 e. The summed E-state index contributed by atoms with van der Waals surface area (Å²) in [7, 11) is 0. The van der Waals surface area contributed by atoms with Crippen LogP contribution in [0.5, 0.6) is 0 Å². The van der Waals surface area contributed by atoms with Crippen molar-refractivity contribution in [1.29, 1.82) is 0 Å². The van der Waals surface area contributed by atoms with Gasteiger partial charge in [0.1, 0.15) is 0 Å². The van der Waals surface area contributed by atoms with E-state index in [1.165, 1.54) is 5.56 Å². The van der Waals surface area contributed by atoms with E-state index in [4.69, 9.17) is 0 Å². The molecule has 1 aromatic rings. The van der Waals surface area contributed by atoms with Crippen LogP contribution >= 0.6 is 0 Å². The van der Waals surface area contributed by atoms with E-state index < -0.39 is 0 Å². The fraction of sp³-hybridized carbons (Fsp3) is 0.632. The molecule has 0 aliphatic rings. The molecule has 21 heavy (non-hydrogen) atoms. The standard InChI is InChI=1S/C19H31NO/c1-3-5-16-20(17-6-4-2)19(21)15-11-10-14-18-12-8-7-9-13-18/h7-9,12-13H,3-6,10-11,14-17H2,1-2H3. The molecule has 0 aromatic heterocycles. The molecule has 0 saturated heterocycles. The average molecular weight is 289 g/mol. The van der Waals surface area contributed by atoms with Gasteiger partial charge < -0.3 is 4.90 Å². The molecular formula is C19H31NO. The zero-order chi connectivity index (χ0) is 15.3. The highest BCUT2D eigenvalue weighted by molar-refractivity contribution is 5.76. The van der Waals surface area contributed by atoms with Crippen molar-refractivity contribution < 1.29 is 4.79 Å². The van der Waals surface area contributed by atoms with E-state index in [1.807, 2.05) is 6.07 Å². The lowest BCUT2D eigenvalue weighted by Crippen LogP contribution is -2.32. The SMILES string of the molecule is CCCCN(CCCC)C(=O)CCCCc1ccccc1. The number of nitrogens with zero attached hydrogens (tertiary/aromatic N) is 1. The number of carbonyl (C=O) groups is 1. The van der Waals surface area contributed by atoms with Crippen molar-refractivity contribution in [2.75, 3.05) is 13.1 Å². The second-order valence-electron chi connectivity index (χ2n) is 5.78. The molecule has 0 saturated carbocycles. The smallest absolute Gasteiger partial charge is 0.222 e. The molecule has 2 heteroatoms. The normalized spacial score (nSPS) is 10.6. The molecule has 2 nitrogen and oxygen atoms in total. The summed E-state index contributed by atoms with van der Waals surface area (Å²) >= 11 is 0. The molecule has 1 aromatic carbocycles. The first-order valence-corrected chi connectivity index (χ1v) is 8.59. The summed E-state index contributed by atoms with van der Waals surface area (Å²) in [6, 6.07) is 10.5. The van der Waals surface area contributed by atoms with E-state index in [0.29, 0.717) is 12.3 Å². The summed E-state index contributed by atoms with van der Waals surface area (Å²) in [5.74, 6) is 0.352. The summed E-state index contributed by atoms with van der Waals surface area (Å²) in [6.45, 7) is 6.24. The average Bonchev–Trinajstić information content (AvgIpc) is 2.52. The topological polar surface area (TPSA) is 20.3 Å². The zero-order valence-electron chi connectivity index (χ0n) is 13.8. The Hall–Kier alpha value is -1.31. The Bertz CT molecular complexity index is 366. The van der Waals surface area contributed by atoms with Crippen LogP contribution in [0, 0.1) is 0 Å². The lowest BCUT2D eigenvalue weighted by Gasteiger charge is -2.22. The molecule has 0 spiro atoms. The van der Waals surface area contributed by atoms with Crippen LogP contribution in [0.15, 0.2) is 30.3 Å². The van der Waals surface area contributed by atoms with Crippen LogP contribution in [0.1, 0.15) is 64.4 Å². The van der Waals surface area contributed by atoms with Gasteiger partial charge in [0, 0.05) is 19.5 Å². The summed E-state index contributed by atoms with van der Waals surface area (Å²) in [5.41, 5.74) is 1.37. The minimum atomic E-state index is 0.352. The Balaban J connectivity index is 2.25. The predicted molar refractivity (Wildman–Crippen MR) is 90.4 cm³/mol. The Labute approximate surface area is 130 Å². The highest BCUT2D eigenvalue weighted by atomic mass is 16.2. The van der Waals surface area contributed by atoms with Crippen LogP contribution in [0.2, 0.25) is 0 Å². The van der Waals surface area contributed by atoms with E-state index in [1.54, 1.807) is 0 Å². The van der Waals surface area contributed by atoms with E-state index in [-0.39, 0.29) is 0 Å². The maximum absolute atomic E-state index is 12.3. The van der Waals surface area contributed by atoms with Crippen LogP contribution < -0.4 is 0 Å². The maximum atomic E-state index is 12.3. The maximum Gasteiger partial charge on any atom is 0.222 e. The van der Waals surface area contributed by atoms with Crippen molar-refractivity contribution in [1.82, 2.24) is 4.90 Å². The van der Waals surface area contributed by atoms with Crippen molar-refractivity contribution in [2.24, 2.45) is 0 Å². The molecule has 118 valence electrons. The number of benzene rings is 1. The molecule has 0 atom stereocenters. The quantitative estimate of drug-likeness (QED) is 0.534. The first-order chi connectivity index (χ1) is 10.3. The third-order valence-electron chi connectivity index (χ3n) is 3.86. The molecule has 0 unspecified atom stereocenters. The Morgan fingerprint density at radius 2 is 1.52 bits per heavy atom. The van der Waals surface area contributed by atoms with Crippen molar-refractivity contribution in [3.8, 4) is 0 Å². The minimum Gasteiger partial charge on any atom is -0.343 e. The number of carbonyl (C=O) groups excluding carboxylic acids is 1. The van der Waals surface area contributed by atoms with Gasteiger partial charge in [-0.05, 0) is 37.7 Å². The highest BCUT2D eigenvalue weighted by Crippen LogP contribution is 2.09. The molecule has 0 bridgehead atoms. The molecule has 1 amide bonds. The van der Waals surface area contributed by atoms with Gasteiger partial charge in [-0.15, -0.1) is 0 Å². The van der Waals surface area contributed by atoms with E-state index in [2.05, 4.69) is 43.0 Å². The lowest BCUT2D eigenvalue weighted by molar-refractivity contribution is -0.131. The number of unbranched alkanes of at least 4 members (excludes halogenated alkanes) is 3. The number of rotatable bonds is 11. The van der Waals surface area contributed by atoms with Gasteiger partial charge in [-0.2, -0.15) is 0 Å². The van der Waals surface area contributed by atoms with Gasteiger partial charge in [0.2, 0.25) is 5.91 Å². The molecule has 0 aliphatic heterocycles. The molecule has 0 heterocycles. The molecule has 0 radical (unpaired) electrons. The number of hydrogen-bond donors (Lipinski definition) is 0. The van der Waals surface area contributed by atoms with Gasteiger partial charge >= 0.3 is 0 Å². The van der Waals surface area contributed by atoms with Gasteiger partial charge in [-0.25, -0.2) is 0 Å². The van der Waals surface area contributed by atoms with Crippen molar-refractivity contribution >= 4 is 5.91 Å². The van der Waals surface area contributed by atoms with Gasteiger partial charge in [-0.3, -0.25) is 4.79 Å².